The zero-order valence-electron chi connectivity index (χ0n) is 4.62. The van der Waals surface area contributed by atoms with Crippen LogP contribution in [0.4, 0.5) is 13.2 Å². The summed E-state index contributed by atoms with van der Waals surface area (Å²) in [5.41, 5.74) is 0. The Kier molecular flexibility index (Phi) is 4.76. The van der Waals surface area contributed by atoms with Gasteiger partial charge in [-0.1, -0.05) is 0 Å². The molecule has 0 aromatic rings. The smallest absolute Gasteiger partial charge is 0.430 e. The molecule has 0 fully saturated rings. The van der Waals surface area contributed by atoms with E-state index >= 15 is 0 Å². The zero-order chi connectivity index (χ0) is 9.65. The Bertz CT molecular complexity index is 148. The van der Waals surface area contributed by atoms with Crippen molar-refractivity contribution >= 4 is 5.97 Å². The molecule has 0 radical (unpaired) electrons. The van der Waals surface area contributed by atoms with E-state index in [9.17, 15) is 13.2 Å². The number of halogens is 3. The molecule has 0 N–H and O–H groups in total. The van der Waals surface area contributed by atoms with Crippen LogP contribution >= 0.6 is 0 Å². The summed E-state index contributed by atoms with van der Waals surface area (Å²) in [5, 5.41) is 23.5. The van der Waals surface area contributed by atoms with Crippen molar-refractivity contribution in [1.82, 2.24) is 0 Å². The predicted octanol–water partition coefficient (Wildman–Crippen LogP) is -0.941. The molecule has 0 aromatic heterocycles. The highest BCUT2D eigenvalue weighted by Gasteiger charge is 2.28. The van der Waals surface area contributed by atoms with E-state index < -0.39 is 17.2 Å². The van der Waals surface area contributed by atoms with Crippen molar-refractivity contribution < 1.29 is 28.2 Å². The summed E-state index contributed by atoms with van der Waals surface area (Å²) in [6.07, 6.45) is -5.19. The Labute approximate surface area is 57.0 Å². The summed E-state index contributed by atoms with van der Waals surface area (Å²) in [6, 6.07) is 0. The number of alkyl halides is 3. The molecule has 0 aliphatic carbocycles. The lowest BCUT2D eigenvalue weighted by Gasteiger charge is -2.03. The van der Waals surface area contributed by atoms with Crippen LogP contribution in [0.3, 0.4) is 0 Å². The van der Waals surface area contributed by atoms with E-state index in [1.54, 1.807) is 0 Å². The lowest BCUT2D eigenvalue weighted by Crippen LogP contribution is -2.37. The van der Waals surface area contributed by atoms with Crippen LogP contribution in [0, 0.1) is 15.3 Å². The van der Waals surface area contributed by atoms with E-state index in [1.807, 2.05) is 0 Å². The molecule has 0 saturated carbocycles. The Morgan fingerprint density at radius 1 is 1.27 bits per heavy atom. The first-order chi connectivity index (χ1) is 4.68. The fourth-order valence-corrected chi connectivity index (χ4v) is 0. The number of carboxylic acids is 1. The first-order valence-corrected chi connectivity index (χ1v) is 1.77. The molecule has 0 aromatic carbocycles. The fourth-order valence-electron chi connectivity index (χ4n) is 0. The van der Waals surface area contributed by atoms with E-state index in [4.69, 9.17) is 25.2 Å². The minimum Gasteiger partial charge on any atom is -0.542 e. The summed E-state index contributed by atoms with van der Waals surface area (Å²) < 4.78 is 31.5. The Balaban J connectivity index is 0. The molecule has 0 spiro atoms. The molecule has 66 valence electrons. The van der Waals surface area contributed by atoms with Gasteiger partial charge in [0.05, 0.1) is 5.09 Å². The van der Waals surface area contributed by atoms with Gasteiger partial charge in [-0.05, 0) is 0 Å². The number of aliphatic carboxylic acids is 1. The maximum absolute atomic E-state index is 10.5. The molecule has 11 heavy (non-hydrogen) atoms. The van der Waals surface area contributed by atoms with Crippen LogP contribution in [0.15, 0.2) is 0 Å². The summed E-state index contributed by atoms with van der Waals surface area (Å²) in [4.78, 5) is 17.0. The molecule has 0 heterocycles. The number of hydrogen-bond donors (Lipinski definition) is 0. The van der Waals surface area contributed by atoms with Gasteiger partial charge in [-0.25, -0.2) is 0 Å². The summed E-state index contributed by atoms with van der Waals surface area (Å²) in [5.74, 6) is -3.01. The van der Waals surface area contributed by atoms with Gasteiger partial charge < -0.3 is 25.2 Å². The number of rotatable bonds is 0. The summed E-state index contributed by atoms with van der Waals surface area (Å²) in [6.45, 7) is 0. The fraction of sp³-hybridized carbons (Fsp3) is 0.500. The highest BCUT2D eigenvalue weighted by molar-refractivity contribution is 5.70. The largest absolute Gasteiger partial charge is 0.542 e. The Morgan fingerprint density at radius 2 is 1.36 bits per heavy atom. The second-order valence-electron chi connectivity index (χ2n) is 1.01. The first-order valence-electron chi connectivity index (χ1n) is 1.77. The molecular formula is C2F3NO5-2. The highest BCUT2D eigenvalue weighted by atomic mass is 19.4. The number of carboxylic acid groups (broad SMARTS) is 1. The Morgan fingerprint density at radius 3 is 1.36 bits per heavy atom. The molecule has 0 saturated heterocycles. The van der Waals surface area contributed by atoms with E-state index in [2.05, 4.69) is 0 Å². The summed E-state index contributed by atoms with van der Waals surface area (Å²) in [7, 11) is 0. The maximum atomic E-state index is 10.5. The molecule has 0 aliphatic rings. The van der Waals surface area contributed by atoms with Crippen molar-refractivity contribution in [2.45, 2.75) is 6.18 Å². The van der Waals surface area contributed by atoms with Crippen LogP contribution in [0.1, 0.15) is 0 Å². The molecule has 0 amide bonds. The van der Waals surface area contributed by atoms with E-state index in [0.717, 1.165) is 0 Å². The van der Waals surface area contributed by atoms with Crippen molar-refractivity contribution in [2.75, 3.05) is 0 Å². The van der Waals surface area contributed by atoms with E-state index in [1.165, 1.54) is 0 Å². The van der Waals surface area contributed by atoms with Crippen LogP contribution in [0.2, 0.25) is 0 Å². The van der Waals surface area contributed by atoms with Crippen LogP contribution < -0.4 is 5.11 Å². The number of nitrogens with zero attached hydrogens (tertiary/aromatic N) is 1. The van der Waals surface area contributed by atoms with Crippen molar-refractivity contribution in [3.63, 3.8) is 0 Å². The van der Waals surface area contributed by atoms with Gasteiger partial charge in [0.2, 0.25) is 0 Å². The van der Waals surface area contributed by atoms with Gasteiger partial charge in [0.1, 0.15) is 5.97 Å². The third-order valence-electron chi connectivity index (χ3n) is 0.231. The molecule has 0 rings (SSSR count). The normalized spacial score (nSPS) is 9.36. The predicted molar refractivity (Wildman–Crippen MR) is 21.4 cm³/mol. The molecule has 6 nitrogen and oxygen atoms in total. The standard InChI is InChI=1S/C2HF3O2.NO3/c3-2(4,5)1(6)7;2-1(3)4/h(H,6,7);/q;-1/p-1. The first kappa shape index (κ1) is 12.2. The molecular weight excluding hydrogens is 175 g/mol. The molecule has 9 heteroatoms. The Hall–Kier alpha value is -1.54. The number of hydrogen-bond acceptors (Lipinski definition) is 5. The number of carbonyl (C=O) groups excluding carboxylic acids is 1. The molecule has 0 aliphatic heterocycles. The maximum Gasteiger partial charge on any atom is 0.430 e. The van der Waals surface area contributed by atoms with E-state index in [-0.39, 0.29) is 0 Å². The van der Waals surface area contributed by atoms with Crippen LogP contribution in [-0.2, 0) is 4.79 Å². The van der Waals surface area contributed by atoms with Gasteiger partial charge in [0, 0.05) is 0 Å². The SMILES string of the molecule is O=C([O-])C(F)(F)F.O=[N+]([O-])[O-]. The van der Waals surface area contributed by atoms with Crippen LogP contribution in [0.5, 0.6) is 0 Å². The monoisotopic (exact) mass is 175 g/mol. The average Bonchev–Trinajstić information content (AvgIpc) is 1.59. The van der Waals surface area contributed by atoms with Gasteiger partial charge >= 0.3 is 6.18 Å². The second-order valence-corrected chi connectivity index (χ2v) is 1.01. The van der Waals surface area contributed by atoms with Gasteiger partial charge in [0.15, 0.2) is 0 Å². The van der Waals surface area contributed by atoms with Crippen molar-refractivity contribution in [3.05, 3.63) is 15.3 Å². The van der Waals surface area contributed by atoms with Crippen LogP contribution in [0.25, 0.3) is 0 Å². The minimum absolute atomic E-state index is 1.75. The van der Waals surface area contributed by atoms with Gasteiger partial charge in [-0.15, -0.1) is 0 Å². The van der Waals surface area contributed by atoms with E-state index in [0.29, 0.717) is 0 Å². The van der Waals surface area contributed by atoms with Gasteiger partial charge in [-0.2, -0.15) is 13.2 Å². The molecule has 0 bridgehead atoms. The lowest BCUT2D eigenvalue weighted by atomic mass is 10.7. The third kappa shape index (κ3) is 17.7. The van der Waals surface area contributed by atoms with Crippen molar-refractivity contribution in [2.24, 2.45) is 0 Å². The minimum atomic E-state index is -5.19. The molecule has 0 unspecified atom stereocenters. The van der Waals surface area contributed by atoms with Gasteiger partial charge in [0.25, 0.3) is 0 Å². The van der Waals surface area contributed by atoms with Crippen LogP contribution in [-0.4, -0.2) is 17.2 Å². The average molecular weight is 175 g/mol. The topological polar surface area (TPSA) is 106 Å². The second kappa shape index (κ2) is 4.30. The summed E-state index contributed by atoms with van der Waals surface area (Å²) >= 11 is 0. The zero-order valence-corrected chi connectivity index (χ0v) is 4.62. The lowest BCUT2D eigenvalue weighted by molar-refractivity contribution is -0.402. The highest BCUT2D eigenvalue weighted by Crippen LogP contribution is 2.11. The van der Waals surface area contributed by atoms with Crippen molar-refractivity contribution in [3.8, 4) is 0 Å². The van der Waals surface area contributed by atoms with Crippen molar-refractivity contribution in [1.29, 1.82) is 0 Å². The van der Waals surface area contributed by atoms with Gasteiger partial charge in [-0.3, -0.25) is 0 Å². The third-order valence-corrected chi connectivity index (χ3v) is 0.231. The molecule has 0 atom stereocenters. The quantitative estimate of drug-likeness (QED) is 0.348. The number of carbonyl (C=O) groups is 1.